The van der Waals surface area contributed by atoms with Gasteiger partial charge < -0.3 is 28.7 Å². The minimum atomic E-state index is -3.80. The van der Waals surface area contributed by atoms with Gasteiger partial charge in [-0.2, -0.15) is 8.78 Å². The van der Waals surface area contributed by atoms with Gasteiger partial charge in [0.05, 0.1) is 55.7 Å². The fraction of sp³-hybridized carbons (Fsp3) is 0.444. The molecular weight excluding hydrogens is 1040 g/mol. The monoisotopic (exact) mass is 1110 g/mol. The molecule has 20 heteroatoms. The van der Waals surface area contributed by atoms with Crippen LogP contribution in [0, 0.1) is 22.5 Å². The first kappa shape index (κ1) is 59.7. The molecule has 2 aliphatic rings. The SMILES string of the molecule is CCCC[C@@]1(CC)CN(c2ccc(F)cc2)c2cc(SC)c(O/C=C(\F)C(=O)OCC)cc2S(=O)(=O)C1.CCCC[C@]1(CC)CN(c2ccc(F)cc2)c2cc(SC)c(O/C=C(\F)C(=O)OCC)cc2S(=O)(=O)C1. The van der Waals surface area contributed by atoms with Crippen molar-refractivity contribution < 1.29 is 62.9 Å². The van der Waals surface area contributed by atoms with E-state index in [2.05, 4.69) is 23.3 Å². The second kappa shape index (κ2) is 26.5. The number of ether oxygens (including phenoxy) is 4. The molecule has 4 aromatic carbocycles. The molecule has 0 spiro atoms. The Morgan fingerprint density at radius 2 is 0.946 bits per heavy atom. The molecule has 4 aromatic rings. The number of hydrogen-bond donors (Lipinski definition) is 0. The third-order valence-corrected chi connectivity index (χ3v) is 18.6. The van der Waals surface area contributed by atoms with Crippen molar-refractivity contribution in [3.63, 3.8) is 0 Å². The van der Waals surface area contributed by atoms with E-state index in [1.165, 1.54) is 59.9 Å². The molecule has 74 heavy (non-hydrogen) atoms. The van der Waals surface area contributed by atoms with Gasteiger partial charge in [-0.15, -0.1) is 23.5 Å². The molecule has 2 atom stereocenters. The second-order valence-electron chi connectivity index (χ2n) is 18.1. The zero-order valence-electron chi connectivity index (χ0n) is 43.1. The van der Waals surface area contributed by atoms with Crippen molar-refractivity contribution in [3.8, 4) is 11.5 Å². The van der Waals surface area contributed by atoms with Crippen molar-refractivity contribution in [3.05, 3.63) is 109 Å². The fourth-order valence-corrected chi connectivity index (χ4v) is 14.4. The number of fused-ring (bicyclic) bond motifs is 2. The number of thioether (sulfide) groups is 2. The highest BCUT2D eigenvalue weighted by Crippen LogP contribution is 2.49. The summed E-state index contributed by atoms with van der Waals surface area (Å²) in [6.07, 6.45) is 11.1. The van der Waals surface area contributed by atoms with Crippen LogP contribution in [0.4, 0.5) is 40.3 Å². The van der Waals surface area contributed by atoms with Crippen molar-refractivity contribution in [1.29, 1.82) is 0 Å². The highest BCUT2D eigenvalue weighted by atomic mass is 32.2. The summed E-state index contributed by atoms with van der Waals surface area (Å²) >= 11 is 2.58. The molecule has 12 nitrogen and oxygen atoms in total. The molecule has 6 rings (SSSR count). The lowest BCUT2D eigenvalue weighted by molar-refractivity contribution is -0.141. The van der Waals surface area contributed by atoms with Gasteiger partial charge in [0.25, 0.3) is 0 Å². The number of carbonyl (C=O) groups is 2. The minimum Gasteiger partial charge on any atom is -0.461 e. The third kappa shape index (κ3) is 14.6. The molecule has 0 bridgehead atoms. The summed E-state index contributed by atoms with van der Waals surface area (Å²) < 4.78 is 131. The number of benzene rings is 4. The van der Waals surface area contributed by atoms with Crippen molar-refractivity contribution in [2.24, 2.45) is 10.8 Å². The molecule has 404 valence electrons. The van der Waals surface area contributed by atoms with Crippen molar-refractivity contribution in [2.75, 3.05) is 60.1 Å². The molecule has 0 amide bonds. The van der Waals surface area contributed by atoms with Crippen LogP contribution >= 0.6 is 23.5 Å². The number of carbonyl (C=O) groups excluding carboxylic acids is 2. The maximum Gasteiger partial charge on any atom is 0.370 e. The van der Waals surface area contributed by atoms with Crippen LogP contribution in [0.2, 0.25) is 0 Å². The molecule has 2 heterocycles. The Bertz CT molecular complexity index is 2690. The summed E-state index contributed by atoms with van der Waals surface area (Å²) in [5.41, 5.74) is 1.18. The van der Waals surface area contributed by atoms with E-state index in [-0.39, 0.29) is 57.6 Å². The molecule has 0 aromatic heterocycles. The maximum absolute atomic E-state index is 14.1. The van der Waals surface area contributed by atoms with Crippen molar-refractivity contribution in [1.82, 2.24) is 0 Å². The van der Waals surface area contributed by atoms with Gasteiger partial charge in [0, 0.05) is 47.4 Å². The van der Waals surface area contributed by atoms with Gasteiger partial charge >= 0.3 is 11.9 Å². The second-order valence-corrected chi connectivity index (χ2v) is 23.7. The number of esters is 2. The van der Waals surface area contributed by atoms with Gasteiger partial charge in [-0.05, 0) is 113 Å². The van der Waals surface area contributed by atoms with Crippen LogP contribution in [0.25, 0.3) is 0 Å². The topological polar surface area (TPSA) is 146 Å². The minimum absolute atomic E-state index is 0.00364. The first-order valence-corrected chi connectivity index (χ1v) is 30.3. The molecule has 0 saturated heterocycles. The summed E-state index contributed by atoms with van der Waals surface area (Å²) in [5.74, 6) is -5.49. The lowest BCUT2D eigenvalue weighted by atomic mass is 9.81. The van der Waals surface area contributed by atoms with E-state index < -0.39 is 54.1 Å². The average molecular weight is 1110 g/mol. The van der Waals surface area contributed by atoms with Crippen LogP contribution in [0.5, 0.6) is 11.5 Å². The third-order valence-electron chi connectivity index (χ3n) is 13.1. The van der Waals surface area contributed by atoms with E-state index in [9.17, 15) is 44.0 Å². The largest absolute Gasteiger partial charge is 0.461 e. The van der Waals surface area contributed by atoms with E-state index in [0.717, 1.165) is 38.5 Å². The van der Waals surface area contributed by atoms with E-state index in [1.54, 1.807) is 62.8 Å². The predicted octanol–water partition coefficient (Wildman–Crippen LogP) is 13.6. The van der Waals surface area contributed by atoms with E-state index in [4.69, 9.17) is 9.47 Å². The quantitative estimate of drug-likeness (QED) is 0.0272. The summed E-state index contributed by atoms with van der Waals surface area (Å²) in [6, 6.07) is 18.1. The lowest BCUT2D eigenvalue weighted by Gasteiger charge is -2.36. The van der Waals surface area contributed by atoms with Crippen molar-refractivity contribution >= 4 is 77.9 Å². The Morgan fingerprint density at radius 3 is 1.24 bits per heavy atom. The zero-order valence-corrected chi connectivity index (χ0v) is 46.4. The van der Waals surface area contributed by atoms with Crippen LogP contribution in [0.1, 0.15) is 92.9 Å². The number of rotatable bonds is 20. The van der Waals surface area contributed by atoms with E-state index in [1.807, 2.05) is 23.6 Å². The Balaban J connectivity index is 0.000000274. The van der Waals surface area contributed by atoms with Gasteiger partial charge in [-0.3, -0.25) is 0 Å². The molecule has 0 fully saturated rings. The molecule has 0 radical (unpaired) electrons. The number of hydrogen-bond acceptors (Lipinski definition) is 14. The zero-order chi connectivity index (χ0) is 54.4. The lowest BCUT2D eigenvalue weighted by Crippen LogP contribution is -2.37. The highest BCUT2D eigenvalue weighted by Gasteiger charge is 2.44. The van der Waals surface area contributed by atoms with Gasteiger partial charge in [0.1, 0.15) is 35.7 Å². The standard InChI is InChI=1S/2C27H33F2NO5S2/c2*1-5-8-13-27(6-2)17-30(20-11-9-19(28)10-12-20)22-14-24(36-4)23(15-25(22)37(32,33)18-27)35-16-21(29)26(31)34-7-3/h2*9-12,14-16H,5-8,13,17-18H2,1-4H3/b2*21-16-/t2*27-/m10/s1. The van der Waals surface area contributed by atoms with Gasteiger partial charge in [-0.25, -0.2) is 35.2 Å². The number of sulfone groups is 2. The Labute approximate surface area is 442 Å². The first-order valence-electron chi connectivity index (χ1n) is 24.5. The van der Waals surface area contributed by atoms with Crippen LogP contribution in [0.15, 0.2) is 117 Å². The Morgan fingerprint density at radius 1 is 0.595 bits per heavy atom. The van der Waals surface area contributed by atoms with E-state index >= 15 is 0 Å². The van der Waals surface area contributed by atoms with Gasteiger partial charge in [0.15, 0.2) is 19.7 Å². The molecule has 0 saturated carbocycles. The van der Waals surface area contributed by atoms with Gasteiger partial charge in [-0.1, -0.05) is 53.4 Å². The van der Waals surface area contributed by atoms with Gasteiger partial charge in [0.2, 0.25) is 11.7 Å². The summed E-state index contributed by atoms with van der Waals surface area (Å²) in [4.78, 5) is 28.3. The predicted molar refractivity (Wildman–Crippen MR) is 285 cm³/mol. The molecular formula is C54H66F4N2O10S4. The molecule has 2 aliphatic heterocycles. The summed E-state index contributed by atoms with van der Waals surface area (Å²) in [7, 11) is -7.60. The summed E-state index contributed by atoms with van der Waals surface area (Å²) in [6.45, 7) is 12.1. The van der Waals surface area contributed by atoms with Crippen LogP contribution in [0.3, 0.4) is 0 Å². The average Bonchev–Trinajstić information content (AvgIpc) is 3.55. The van der Waals surface area contributed by atoms with Crippen LogP contribution in [-0.4, -0.2) is 79.1 Å². The normalized spacial score (nSPS) is 19.2. The molecule has 0 N–H and O–H groups in total. The maximum atomic E-state index is 14.1. The fourth-order valence-electron chi connectivity index (χ4n) is 9.00. The molecule has 0 aliphatic carbocycles. The first-order chi connectivity index (χ1) is 35.2. The van der Waals surface area contributed by atoms with Crippen LogP contribution < -0.4 is 19.3 Å². The number of anilines is 4. The number of halogens is 4. The van der Waals surface area contributed by atoms with Crippen molar-refractivity contribution in [2.45, 2.75) is 112 Å². The van der Waals surface area contributed by atoms with E-state index in [0.29, 0.717) is 71.0 Å². The number of unbranched alkanes of at least 4 members (excludes halogenated alkanes) is 2. The van der Waals surface area contributed by atoms with Crippen LogP contribution in [-0.2, 0) is 38.7 Å². The smallest absolute Gasteiger partial charge is 0.370 e. The summed E-state index contributed by atoms with van der Waals surface area (Å²) in [5, 5.41) is 0. The molecule has 0 unspecified atom stereocenters. The number of nitrogens with zero attached hydrogens (tertiary/aromatic N) is 2. The highest BCUT2D eigenvalue weighted by molar-refractivity contribution is 7.99. The Hall–Kier alpha value is -5.18. The Kier molecular flexibility index (Phi) is 21.4.